The molecule has 0 bridgehead atoms. The predicted octanol–water partition coefficient (Wildman–Crippen LogP) is -1.18. The van der Waals surface area contributed by atoms with Crippen LogP contribution in [0.15, 0.2) is 0 Å². The van der Waals surface area contributed by atoms with E-state index < -0.39 is 0 Å². The highest BCUT2D eigenvalue weighted by Crippen LogP contribution is 2.16. The van der Waals surface area contributed by atoms with E-state index in [1.165, 1.54) is 0 Å². The average Bonchev–Trinajstić information content (AvgIpc) is 2.99. The zero-order valence-corrected chi connectivity index (χ0v) is 12.2. The molecule has 6 heteroatoms. The Morgan fingerprint density at radius 2 is 1.85 bits per heavy atom. The Morgan fingerprint density at radius 3 is 2.60 bits per heavy atom. The van der Waals surface area contributed by atoms with Gasteiger partial charge in [0.25, 0.3) is 0 Å². The topological polar surface area (TPSA) is 48.1 Å². The van der Waals surface area contributed by atoms with Crippen molar-refractivity contribution in [2.24, 2.45) is 0 Å². The van der Waals surface area contributed by atoms with Gasteiger partial charge in [-0.1, -0.05) is 0 Å². The van der Waals surface area contributed by atoms with Crippen molar-refractivity contribution in [2.45, 2.75) is 12.5 Å². The van der Waals surface area contributed by atoms with E-state index in [9.17, 15) is 4.79 Å². The van der Waals surface area contributed by atoms with Gasteiger partial charge in [-0.3, -0.25) is 14.6 Å². The highest BCUT2D eigenvalue weighted by atomic mass is 16.5. The molecule has 0 radical (unpaired) electrons. The molecular formula is C14H26N4O2. The van der Waals surface area contributed by atoms with E-state index >= 15 is 0 Å². The normalized spacial score (nSPS) is 29.8. The molecule has 6 nitrogen and oxygen atoms in total. The highest BCUT2D eigenvalue weighted by molar-refractivity contribution is 5.78. The smallest absolute Gasteiger partial charge is 0.236 e. The largest absolute Gasteiger partial charge is 0.379 e. The molecule has 3 saturated heterocycles. The van der Waals surface area contributed by atoms with Gasteiger partial charge in [-0.2, -0.15) is 0 Å². The standard InChI is InChI=1S/C14H26N4O2/c19-14(12-16-7-9-20-10-8-16)18-4-1-13(11-18)17-5-2-15-3-6-17/h13,15H,1-12H2. The van der Waals surface area contributed by atoms with Gasteiger partial charge in [0.1, 0.15) is 0 Å². The summed E-state index contributed by atoms with van der Waals surface area (Å²) in [5.74, 6) is 0.296. The first-order valence-electron chi connectivity index (χ1n) is 7.85. The van der Waals surface area contributed by atoms with Crippen LogP contribution in [-0.4, -0.2) is 98.8 Å². The number of likely N-dealkylation sites (tertiary alicyclic amines) is 1. The van der Waals surface area contributed by atoms with Gasteiger partial charge in [-0.05, 0) is 6.42 Å². The van der Waals surface area contributed by atoms with Crippen LogP contribution < -0.4 is 5.32 Å². The van der Waals surface area contributed by atoms with Gasteiger partial charge in [0.2, 0.25) is 5.91 Å². The Labute approximate surface area is 121 Å². The van der Waals surface area contributed by atoms with E-state index in [1.807, 2.05) is 0 Å². The first-order valence-corrected chi connectivity index (χ1v) is 7.85. The summed E-state index contributed by atoms with van der Waals surface area (Å²) < 4.78 is 5.32. The lowest BCUT2D eigenvalue weighted by molar-refractivity contribution is -0.132. The highest BCUT2D eigenvalue weighted by Gasteiger charge is 2.31. The molecule has 1 N–H and O–H groups in total. The fraction of sp³-hybridized carbons (Fsp3) is 0.929. The molecule has 1 atom stereocenters. The number of nitrogens with one attached hydrogen (secondary N) is 1. The van der Waals surface area contributed by atoms with Crippen LogP contribution in [0.2, 0.25) is 0 Å². The summed E-state index contributed by atoms with van der Waals surface area (Å²) in [7, 11) is 0. The van der Waals surface area contributed by atoms with Crippen molar-refractivity contribution < 1.29 is 9.53 Å². The number of carbonyl (C=O) groups is 1. The molecule has 3 aliphatic heterocycles. The summed E-state index contributed by atoms with van der Waals surface area (Å²) in [6, 6.07) is 0.575. The van der Waals surface area contributed by atoms with Crippen LogP contribution in [0.1, 0.15) is 6.42 Å². The number of hydrogen-bond acceptors (Lipinski definition) is 5. The Kier molecular flexibility index (Phi) is 4.88. The van der Waals surface area contributed by atoms with Crippen LogP contribution in [0.5, 0.6) is 0 Å². The Balaban J connectivity index is 1.45. The van der Waals surface area contributed by atoms with Crippen molar-refractivity contribution in [3.05, 3.63) is 0 Å². The fourth-order valence-electron chi connectivity index (χ4n) is 3.36. The molecule has 20 heavy (non-hydrogen) atoms. The van der Waals surface area contributed by atoms with Gasteiger partial charge in [-0.25, -0.2) is 0 Å². The lowest BCUT2D eigenvalue weighted by Gasteiger charge is -2.33. The maximum absolute atomic E-state index is 12.4. The third kappa shape index (κ3) is 3.49. The minimum absolute atomic E-state index is 0.296. The summed E-state index contributed by atoms with van der Waals surface area (Å²) in [6.45, 7) is 10.1. The SMILES string of the molecule is O=C(CN1CCOCC1)N1CCC(N2CCNCC2)C1. The monoisotopic (exact) mass is 282 g/mol. The van der Waals surface area contributed by atoms with Crippen LogP contribution in [0.25, 0.3) is 0 Å². The minimum atomic E-state index is 0.296. The van der Waals surface area contributed by atoms with Gasteiger partial charge in [-0.15, -0.1) is 0 Å². The van der Waals surface area contributed by atoms with Gasteiger partial charge in [0, 0.05) is 58.4 Å². The molecule has 0 aliphatic carbocycles. The fourth-order valence-corrected chi connectivity index (χ4v) is 3.36. The van der Waals surface area contributed by atoms with E-state index in [0.717, 1.165) is 72.0 Å². The molecule has 0 aromatic rings. The molecule has 3 aliphatic rings. The number of carbonyl (C=O) groups excluding carboxylic acids is 1. The van der Waals surface area contributed by atoms with Crippen LogP contribution >= 0.6 is 0 Å². The van der Waals surface area contributed by atoms with E-state index in [-0.39, 0.29) is 0 Å². The summed E-state index contributed by atoms with van der Waals surface area (Å²) in [5, 5.41) is 3.39. The average molecular weight is 282 g/mol. The van der Waals surface area contributed by atoms with Crippen molar-refractivity contribution in [2.75, 3.05) is 72.1 Å². The van der Waals surface area contributed by atoms with Gasteiger partial charge in [0.05, 0.1) is 19.8 Å². The zero-order valence-electron chi connectivity index (χ0n) is 12.2. The number of ether oxygens (including phenoxy) is 1. The van der Waals surface area contributed by atoms with Gasteiger partial charge >= 0.3 is 0 Å². The van der Waals surface area contributed by atoms with Crippen LogP contribution in [0.3, 0.4) is 0 Å². The van der Waals surface area contributed by atoms with Crippen molar-refractivity contribution in [1.82, 2.24) is 20.0 Å². The number of rotatable bonds is 3. The van der Waals surface area contributed by atoms with Crippen LogP contribution in [0.4, 0.5) is 0 Å². The lowest BCUT2D eigenvalue weighted by Crippen LogP contribution is -2.50. The van der Waals surface area contributed by atoms with Gasteiger partial charge < -0.3 is 15.0 Å². The number of morpholine rings is 1. The second-order valence-corrected chi connectivity index (χ2v) is 5.96. The second-order valence-electron chi connectivity index (χ2n) is 5.96. The molecular weight excluding hydrogens is 256 g/mol. The zero-order chi connectivity index (χ0) is 13.8. The number of nitrogens with zero attached hydrogens (tertiary/aromatic N) is 3. The maximum Gasteiger partial charge on any atom is 0.236 e. The van der Waals surface area contributed by atoms with Crippen LogP contribution in [-0.2, 0) is 9.53 Å². The molecule has 0 aromatic carbocycles. The first-order chi connectivity index (χ1) is 9.83. The van der Waals surface area contributed by atoms with Gasteiger partial charge in [0.15, 0.2) is 0 Å². The molecule has 0 saturated carbocycles. The summed E-state index contributed by atoms with van der Waals surface area (Å²) in [4.78, 5) is 19.2. The van der Waals surface area contributed by atoms with Crippen molar-refractivity contribution in [3.8, 4) is 0 Å². The Bertz CT molecular complexity index is 327. The third-order valence-corrected chi connectivity index (χ3v) is 4.65. The van der Waals surface area contributed by atoms with E-state index in [4.69, 9.17) is 4.74 Å². The molecule has 0 aromatic heterocycles. The number of amides is 1. The summed E-state index contributed by atoms with van der Waals surface area (Å²) in [5.41, 5.74) is 0. The Hall–Kier alpha value is -0.690. The molecule has 3 heterocycles. The van der Waals surface area contributed by atoms with E-state index in [0.29, 0.717) is 18.5 Å². The predicted molar refractivity (Wildman–Crippen MR) is 76.7 cm³/mol. The number of piperazine rings is 1. The molecule has 3 rings (SSSR count). The quantitative estimate of drug-likeness (QED) is 0.706. The minimum Gasteiger partial charge on any atom is -0.379 e. The molecule has 3 fully saturated rings. The number of hydrogen-bond donors (Lipinski definition) is 1. The molecule has 1 unspecified atom stereocenters. The van der Waals surface area contributed by atoms with E-state index in [1.54, 1.807) is 0 Å². The van der Waals surface area contributed by atoms with Crippen molar-refractivity contribution >= 4 is 5.91 Å². The Morgan fingerprint density at radius 1 is 1.10 bits per heavy atom. The summed E-state index contributed by atoms with van der Waals surface area (Å²) >= 11 is 0. The lowest BCUT2D eigenvalue weighted by atomic mass is 10.2. The van der Waals surface area contributed by atoms with E-state index in [2.05, 4.69) is 20.0 Å². The second kappa shape index (κ2) is 6.85. The molecule has 114 valence electrons. The van der Waals surface area contributed by atoms with Crippen molar-refractivity contribution in [3.63, 3.8) is 0 Å². The van der Waals surface area contributed by atoms with Crippen LogP contribution in [0, 0.1) is 0 Å². The maximum atomic E-state index is 12.4. The molecule has 0 spiro atoms. The third-order valence-electron chi connectivity index (χ3n) is 4.65. The van der Waals surface area contributed by atoms with Crippen molar-refractivity contribution in [1.29, 1.82) is 0 Å². The molecule has 1 amide bonds. The first kappa shape index (κ1) is 14.3. The summed E-state index contributed by atoms with van der Waals surface area (Å²) in [6.07, 6.45) is 1.13.